The van der Waals surface area contributed by atoms with Gasteiger partial charge in [-0.15, -0.1) is 11.3 Å². The molecule has 0 saturated carbocycles. The third-order valence-electron chi connectivity index (χ3n) is 4.00. The summed E-state index contributed by atoms with van der Waals surface area (Å²) in [5, 5.41) is 4.01. The lowest BCUT2D eigenvalue weighted by Crippen LogP contribution is -2.54. The summed E-state index contributed by atoms with van der Waals surface area (Å²) in [6.45, 7) is 10.1. The lowest BCUT2D eigenvalue weighted by Gasteiger charge is -2.40. The summed E-state index contributed by atoms with van der Waals surface area (Å²) in [7, 11) is 0. The van der Waals surface area contributed by atoms with Crippen molar-refractivity contribution in [2.75, 3.05) is 19.7 Å². The predicted octanol–water partition coefficient (Wildman–Crippen LogP) is 2.98. The summed E-state index contributed by atoms with van der Waals surface area (Å²) >= 11 is 1.66. The maximum absolute atomic E-state index is 12.4. The molecule has 2 rings (SSSR count). The second-order valence-corrected chi connectivity index (χ2v) is 6.91. The minimum atomic E-state index is -0.227. The average Bonchev–Trinajstić information content (AvgIpc) is 2.96. The van der Waals surface area contributed by atoms with Gasteiger partial charge in [-0.3, -0.25) is 0 Å². The molecule has 1 aliphatic rings. The van der Waals surface area contributed by atoms with Crippen molar-refractivity contribution in [2.45, 2.75) is 52.2 Å². The molecule has 5 nitrogen and oxygen atoms in total. The first-order valence-electron chi connectivity index (χ1n) is 7.61. The predicted molar refractivity (Wildman–Crippen MR) is 84.7 cm³/mol. The van der Waals surface area contributed by atoms with Gasteiger partial charge in [0.05, 0.1) is 24.8 Å². The Labute approximate surface area is 130 Å². The fourth-order valence-corrected chi connectivity index (χ4v) is 3.20. The van der Waals surface area contributed by atoms with Crippen LogP contribution in [0.2, 0.25) is 0 Å². The molecule has 1 fully saturated rings. The van der Waals surface area contributed by atoms with E-state index in [-0.39, 0.29) is 17.7 Å². The lowest BCUT2D eigenvalue weighted by molar-refractivity contribution is -0.0874. The number of nitrogens with zero attached hydrogens (tertiary/aromatic N) is 2. The Kier molecular flexibility index (Phi) is 5.22. The van der Waals surface area contributed by atoms with Crippen molar-refractivity contribution >= 4 is 17.4 Å². The zero-order valence-electron chi connectivity index (χ0n) is 13.3. The van der Waals surface area contributed by atoms with Gasteiger partial charge in [0.1, 0.15) is 5.01 Å². The number of aryl methyl sites for hydroxylation is 1. The van der Waals surface area contributed by atoms with Crippen molar-refractivity contribution in [3.8, 4) is 0 Å². The molecule has 2 atom stereocenters. The zero-order chi connectivity index (χ0) is 15.5. The molecule has 1 aliphatic heterocycles. The normalized spacial score (nSPS) is 23.9. The van der Waals surface area contributed by atoms with Gasteiger partial charge in [0, 0.05) is 17.6 Å². The second kappa shape index (κ2) is 6.75. The van der Waals surface area contributed by atoms with Crippen LogP contribution in [0.4, 0.5) is 4.79 Å². The third-order valence-corrected chi connectivity index (χ3v) is 5.33. The quantitative estimate of drug-likeness (QED) is 0.930. The molecule has 0 aromatic carbocycles. The van der Waals surface area contributed by atoms with E-state index in [1.807, 2.05) is 18.0 Å². The summed E-state index contributed by atoms with van der Waals surface area (Å²) in [6.07, 6.45) is 3.78. The smallest absolute Gasteiger partial charge is 0.318 e. The van der Waals surface area contributed by atoms with Crippen LogP contribution in [-0.4, -0.2) is 41.2 Å². The van der Waals surface area contributed by atoms with Crippen molar-refractivity contribution in [1.82, 2.24) is 15.2 Å². The van der Waals surface area contributed by atoms with Crippen LogP contribution in [-0.2, 0) is 11.2 Å². The molecular formula is C15H25N3O2S. The molecule has 0 aliphatic carbocycles. The van der Waals surface area contributed by atoms with Gasteiger partial charge in [-0.2, -0.15) is 0 Å². The van der Waals surface area contributed by atoms with E-state index >= 15 is 0 Å². The van der Waals surface area contributed by atoms with Crippen LogP contribution in [0, 0.1) is 0 Å². The zero-order valence-corrected chi connectivity index (χ0v) is 14.1. The van der Waals surface area contributed by atoms with Gasteiger partial charge >= 0.3 is 6.03 Å². The van der Waals surface area contributed by atoms with Crippen LogP contribution in [0.1, 0.15) is 50.0 Å². The number of rotatable bonds is 4. The standard InChI is InChI=1S/C15H25N3O2S/c1-5-12-9-16-13(21-12)11(3)17-14(19)18-7-8-20-15(4,6-2)10-18/h9,11H,5-8,10H2,1-4H3,(H,17,19)/t11-,15-/m0/s1. The number of aromatic nitrogens is 1. The number of hydrogen-bond acceptors (Lipinski definition) is 4. The highest BCUT2D eigenvalue weighted by molar-refractivity contribution is 7.11. The van der Waals surface area contributed by atoms with Crippen LogP contribution >= 0.6 is 11.3 Å². The van der Waals surface area contributed by atoms with Gasteiger partial charge < -0.3 is 15.0 Å². The van der Waals surface area contributed by atoms with Crippen molar-refractivity contribution in [2.24, 2.45) is 0 Å². The maximum Gasteiger partial charge on any atom is 0.318 e. The molecule has 1 saturated heterocycles. The molecule has 6 heteroatoms. The Balaban J connectivity index is 1.94. The molecule has 0 spiro atoms. The molecule has 118 valence electrons. The van der Waals surface area contributed by atoms with Crippen LogP contribution in [0.3, 0.4) is 0 Å². The number of carbonyl (C=O) groups is 1. The summed E-state index contributed by atoms with van der Waals surface area (Å²) in [5.41, 5.74) is -0.227. The summed E-state index contributed by atoms with van der Waals surface area (Å²) in [6, 6.07) is -0.0859. The van der Waals surface area contributed by atoms with E-state index in [1.54, 1.807) is 11.3 Å². The summed E-state index contributed by atoms with van der Waals surface area (Å²) in [5.74, 6) is 0. The van der Waals surface area contributed by atoms with E-state index in [0.29, 0.717) is 19.7 Å². The third kappa shape index (κ3) is 3.95. The first-order valence-corrected chi connectivity index (χ1v) is 8.43. The number of morpholine rings is 1. The summed E-state index contributed by atoms with van der Waals surface area (Å²) < 4.78 is 5.77. The fourth-order valence-electron chi connectivity index (χ4n) is 2.34. The van der Waals surface area contributed by atoms with Gasteiger partial charge in [-0.25, -0.2) is 9.78 Å². The van der Waals surface area contributed by atoms with E-state index in [0.717, 1.165) is 17.8 Å². The van der Waals surface area contributed by atoms with Gasteiger partial charge in [-0.05, 0) is 26.7 Å². The Morgan fingerprint density at radius 1 is 1.62 bits per heavy atom. The Hall–Kier alpha value is -1.14. The molecule has 2 heterocycles. The van der Waals surface area contributed by atoms with Gasteiger partial charge in [-0.1, -0.05) is 13.8 Å². The first-order chi connectivity index (χ1) is 9.97. The highest BCUT2D eigenvalue weighted by Crippen LogP contribution is 2.23. The molecule has 1 aromatic rings. The van der Waals surface area contributed by atoms with Gasteiger partial charge in [0.2, 0.25) is 0 Å². The molecule has 0 bridgehead atoms. The topological polar surface area (TPSA) is 54.5 Å². The average molecular weight is 311 g/mol. The molecule has 21 heavy (non-hydrogen) atoms. The second-order valence-electron chi connectivity index (χ2n) is 5.76. The molecule has 1 aromatic heterocycles. The van der Waals surface area contributed by atoms with E-state index in [9.17, 15) is 4.79 Å². The van der Waals surface area contributed by atoms with Crippen molar-refractivity contribution in [1.29, 1.82) is 0 Å². The largest absolute Gasteiger partial charge is 0.372 e. The SMILES string of the molecule is CCc1cnc([C@H](C)NC(=O)N2CCO[C@@](C)(CC)C2)s1. The summed E-state index contributed by atoms with van der Waals surface area (Å²) in [4.78, 5) is 19.9. The van der Waals surface area contributed by atoms with Gasteiger partial charge in [0.15, 0.2) is 0 Å². The van der Waals surface area contributed by atoms with Crippen molar-refractivity contribution in [3.63, 3.8) is 0 Å². The molecular weight excluding hydrogens is 286 g/mol. The van der Waals surface area contributed by atoms with E-state index in [1.165, 1.54) is 4.88 Å². The monoisotopic (exact) mass is 311 g/mol. The molecule has 2 amide bonds. The number of carbonyl (C=O) groups excluding carboxylic acids is 1. The Bertz CT molecular complexity index is 491. The van der Waals surface area contributed by atoms with Gasteiger partial charge in [0.25, 0.3) is 0 Å². The van der Waals surface area contributed by atoms with Crippen molar-refractivity contribution < 1.29 is 9.53 Å². The molecule has 0 unspecified atom stereocenters. The fraction of sp³-hybridized carbons (Fsp3) is 0.733. The highest BCUT2D eigenvalue weighted by atomic mass is 32.1. The Morgan fingerprint density at radius 2 is 2.38 bits per heavy atom. The lowest BCUT2D eigenvalue weighted by atomic mass is 10.0. The number of nitrogens with one attached hydrogen (secondary N) is 1. The number of hydrogen-bond donors (Lipinski definition) is 1. The molecule has 0 radical (unpaired) electrons. The van der Waals surface area contributed by atoms with E-state index in [4.69, 9.17) is 4.74 Å². The minimum absolute atomic E-state index is 0.0290. The number of urea groups is 1. The minimum Gasteiger partial charge on any atom is -0.372 e. The number of thiazole rings is 1. The Morgan fingerprint density at radius 3 is 3.00 bits per heavy atom. The van der Waals surface area contributed by atoms with Crippen LogP contribution < -0.4 is 5.32 Å². The van der Waals surface area contributed by atoms with E-state index in [2.05, 4.69) is 31.1 Å². The highest BCUT2D eigenvalue weighted by Gasteiger charge is 2.33. The van der Waals surface area contributed by atoms with Crippen molar-refractivity contribution in [3.05, 3.63) is 16.1 Å². The number of ether oxygens (including phenoxy) is 1. The molecule has 1 N–H and O–H groups in total. The van der Waals surface area contributed by atoms with Crippen LogP contribution in [0.5, 0.6) is 0 Å². The number of amides is 2. The van der Waals surface area contributed by atoms with Crippen LogP contribution in [0.15, 0.2) is 6.20 Å². The van der Waals surface area contributed by atoms with E-state index < -0.39 is 0 Å². The maximum atomic E-state index is 12.4. The van der Waals surface area contributed by atoms with Crippen LogP contribution in [0.25, 0.3) is 0 Å². The first kappa shape index (κ1) is 16.2.